The molecule has 0 saturated carbocycles. The Morgan fingerprint density at radius 1 is 1.47 bits per heavy atom. The second kappa shape index (κ2) is 4.85. The molecule has 0 aliphatic carbocycles. The number of carbonyl (C=O) groups is 2. The van der Waals surface area contributed by atoms with Crippen LogP contribution in [0.25, 0.3) is 0 Å². The zero-order chi connectivity index (χ0) is 13.1. The van der Waals surface area contributed by atoms with Crippen LogP contribution >= 0.6 is 0 Å². The number of imidazole rings is 1. The molecule has 0 radical (unpaired) electrons. The topological polar surface area (TPSA) is 95.1 Å². The first-order chi connectivity index (χ1) is 7.81. The van der Waals surface area contributed by atoms with Gasteiger partial charge in [-0.2, -0.15) is 13.2 Å². The molecule has 94 valence electrons. The molecule has 1 aromatic rings. The van der Waals surface area contributed by atoms with Gasteiger partial charge in [-0.05, 0) is 0 Å². The molecule has 0 atom stereocenters. The molecule has 0 aliphatic heterocycles. The van der Waals surface area contributed by atoms with Crippen molar-refractivity contribution in [3.8, 4) is 0 Å². The highest BCUT2D eigenvalue weighted by Gasteiger charge is 2.27. The van der Waals surface area contributed by atoms with Gasteiger partial charge in [0.1, 0.15) is 0 Å². The van der Waals surface area contributed by atoms with Gasteiger partial charge in [-0.25, -0.2) is 9.78 Å². The number of alkyl halides is 3. The molecule has 0 bridgehead atoms. The lowest BCUT2D eigenvalue weighted by molar-refractivity contribution is -0.133. The van der Waals surface area contributed by atoms with Crippen LogP contribution in [-0.4, -0.2) is 39.7 Å². The van der Waals surface area contributed by atoms with Crippen molar-refractivity contribution in [3.05, 3.63) is 17.7 Å². The second-order valence-electron chi connectivity index (χ2n) is 3.05. The van der Waals surface area contributed by atoms with E-state index in [9.17, 15) is 22.8 Å². The van der Waals surface area contributed by atoms with Crippen molar-refractivity contribution in [2.45, 2.75) is 12.6 Å². The number of carboxylic acids is 1. The summed E-state index contributed by atoms with van der Waals surface area (Å²) in [7, 11) is 0. The predicted octanol–water partition coefficient (Wildman–Crippen LogP) is 0.790. The van der Waals surface area contributed by atoms with Gasteiger partial charge < -0.3 is 15.4 Å². The first kappa shape index (κ1) is 13.0. The van der Waals surface area contributed by atoms with Crippen molar-refractivity contribution >= 4 is 11.9 Å². The van der Waals surface area contributed by atoms with Crippen LogP contribution in [-0.2, 0) is 0 Å². The SMILES string of the molecule is O=C(NCCC(F)(F)F)c1nc[nH]c1C(=O)O. The van der Waals surface area contributed by atoms with Crippen molar-refractivity contribution < 1.29 is 27.9 Å². The van der Waals surface area contributed by atoms with Crippen LogP contribution < -0.4 is 5.32 Å². The number of rotatable bonds is 4. The molecule has 3 N–H and O–H groups in total. The molecule has 0 aromatic carbocycles. The number of hydrogen-bond acceptors (Lipinski definition) is 3. The number of nitrogens with one attached hydrogen (secondary N) is 2. The fourth-order valence-corrected chi connectivity index (χ4v) is 1.03. The number of amides is 1. The van der Waals surface area contributed by atoms with E-state index in [2.05, 4.69) is 9.97 Å². The van der Waals surface area contributed by atoms with Crippen molar-refractivity contribution in [2.75, 3.05) is 6.54 Å². The summed E-state index contributed by atoms with van der Waals surface area (Å²) in [4.78, 5) is 27.5. The van der Waals surface area contributed by atoms with Crippen LogP contribution in [0.2, 0.25) is 0 Å². The molecule has 0 saturated heterocycles. The number of carboxylic acid groups (broad SMARTS) is 1. The summed E-state index contributed by atoms with van der Waals surface area (Å²) in [5.41, 5.74) is -0.908. The monoisotopic (exact) mass is 251 g/mol. The molecule has 6 nitrogen and oxygen atoms in total. The highest BCUT2D eigenvalue weighted by atomic mass is 19.4. The summed E-state index contributed by atoms with van der Waals surface area (Å²) in [6, 6.07) is 0. The summed E-state index contributed by atoms with van der Waals surface area (Å²) in [6.45, 7) is -0.631. The summed E-state index contributed by atoms with van der Waals surface area (Å²) >= 11 is 0. The van der Waals surface area contributed by atoms with E-state index in [-0.39, 0.29) is 0 Å². The minimum atomic E-state index is -4.38. The van der Waals surface area contributed by atoms with Crippen molar-refractivity contribution in [1.29, 1.82) is 0 Å². The Bertz CT molecular complexity index is 427. The first-order valence-corrected chi connectivity index (χ1v) is 4.43. The minimum Gasteiger partial charge on any atom is -0.477 e. The fourth-order valence-electron chi connectivity index (χ4n) is 1.03. The predicted molar refractivity (Wildman–Crippen MR) is 48.6 cm³/mol. The Morgan fingerprint density at radius 2 is 2.12 bits per heavy atom. The maximum absolute atomic E-state index is 11.8. The Morgan fingerprint density at radius 3 is 2.65 bits per heavy atom. The lowest BCUT2D eigenvalue weighted by Crippen LogP contribution is -2.29. The molecule has 1 aromatic heterocycles. The molecule has 1 heterocycles. The molecule has 9 heteroatoms. The third kappa shape index (κ3) is 3.78. The fraction of sp³-hybridized carbons (Fsp3) is 0.375. The minimum absolute atomic E-state index is 0.445. The van der Waals surface area contributed by atoms with Gasteiger partial charge in [0.25, 0.3) is 5.91 Å². The third-order valence-electron chi connectivity index (χ3n) is 1.76. The Labute approximate surface area is 92.8 Å². The van der Waals surface area contributed by atoms with E-state index < -0.39 is 42.4 Å². The Hall–Kier alpha value is -2.06. The third-order valence-corrected chi connectivity index (χ3v) is 1.76. The van der Waals surface area contributed by atoms with E-state index in [1.54, 1.807) is 0 Å². The molecule has 17 heavy (non-hydrogen) atoms. The summed E-state index contributed by atoms with van der Waals surface area (Å²) in [5.74, 6) is -2.38. The Balaban J connectivity index is 2.59. The van der Waals surface area contributed by atoms with Crippen molar-refractivity contribution in [2.24, 2.45) is 0 Å². The number of aromatic nitrogens is 2. The molecular weight excluding hydrogens is 243 g/mol. The highest BCUT2D eigenvalue weighted by molar-refractivity contribution is 6.02. The van der Waals surface area contributed by atoms with E-state index >= 15 is 0 Å². The zero-order valence-electron chi connectivity index (χ0n) is 8.34. The van der Waals surface area contributed by atoms with Gasteiger partial charge in [-0.1, -0.05) is 0 Å². The number of nitrogens with zero attached hydrogens (tertiary/aromatic N) is 1. The molecule has 0 fully saturated rings. The average molecular weight is 251 g/mol. The summed E-state index contributed by atoms with van der Waals surface area (Å²) < 4.78 is 35.4. The largest absolute Gasteiger partial charge is 0.477 e. The lowest BCUT2D eigenvalue weighted by atomic mass is 10.3. The Kier molecular flexibility index (Phi) is 3.71. The molecular formula is C8H8F3N3O3. The second-order valence-corrected chi connectivity index (χ2v) is 3.05. The molecule has 0 aliphatic rings. The van der Waals surface area contributed by atoms with Gasteiger partial charge in [0.2, 0.25) is 0 Å². The maximum Gasteiger partial charge on any atom is 0.390 e. The number of aromatic carboxylic acids is 1. The van der Waals surface area contributed by atoms with Crippen LogP contribution in [0.1, 0.15) is 27.4 Å². The normalized spacial score (nSPS) is 11.2. The maximum atomic E-state index is 11.8. The number of halogens is 3. The van der Waals surface area contributed by atoms with Gasteiger partial charge in [0.15, 0.2) is 11.4 Å². The van der Waals surface area contributed by atoms with E-state index in [1.165, 1.54) is 0 Å². The van der Waals surface area contributed by atoms with Crippen LogP contribution in [0.5, 0.6) is 0 Å². The van der Waals surface area contributed by atoms with E-state index in [1.807, 2.05) is 5.32 Å². The lowest BCUT2D eigenvalue weighted by Gasteiger charge is -2.06. The highest BCUT2D eigenvalue weighted by Crippen LogP contribution is 2.18. The van der Waals surface area contributed by atoms with E-state index in [0.29, 0.717) is 0 Å². The van der Waals surface area contributed by atoms with E-state index in [0.717, 1.165) is 6.33 Å². The zero-order valence-corrected chi connectivity index (χ0v) is 8.34. The van der Waals surface area contributed by atoms with Crippen LogP contribution in [0.15, 0.2) is 6.33 Å². The smallest absolute Gasteiger partial charge is 0.390 e. The van der Waals surface area contributed by atoms with Gasteiger partial charge >= 0.3 is 12.1 Å². The number of carbonyl (C=O) groups excluding carboxylic acids is 1. The van der Waals surface area contributed by atoms with Crippen LogP contribution in [0, 0.1) is 0 Å². The van der Waals surface area contributed by atoms with E-state index in [4.69, 9.17) is 5.11 Å². The van der Waals surface area contributed by atoms with Crippen molar-refractivity contribution in [1.82, 2.24) is 15.3 Å². The molecule has 1 amide bonds. The number of aromatic amines is 1. The van der Waals surface area contributed by atoms with Gasteiger partial charge in [-0.3, -0.25) is 4.79 Å². The quantitative estimate of drug-likeness (QED) is 0.737. The number of H-pyrrole nitrogens is 1. The van der Waals surface area contributed by atoms with Crippen LogP contribution in [0.3, 0.4) is 0 Å². The van der Waals surface area contributed by atoms with Crippen molar-refractivity contribution in [3.63, 3.8) is 0 Å². The first-order valence-electron chi connectivity index (χ1n) is 4.43. The average Bonchev–Trinajstić information content (AvgIpc) is 2.63. The number of hydrogen-bond donors (Lipinski definition) is 3. The molecule has 0 spiro atoms. The molecule has 1 rings (SSSR count). The van der Waals surface area contributed by atoms with Gasteiger partial charge in [0, 0.05) is 6.54 Å². The van der Waals surface area contributed by atoms with Gasteiger partial charge in [0.05, 0.1) is 12.7 Å². The van der Waals surface area contributed by atoms with Crippen LogP contribution in [0.4, 0.5) is 13.2 Å². The standard InChI is InChI=1S/C8H8F3N3O3/c9-8(10,11)1-2-12-6(15)4-5(7(16)17)14-3-13-4/h3H,1-2H2,(H,12,15)(H,13,14)(H,16,17). The van der Waals surface area contributed by atoms with Gasteiger partial charge in [-0.15, -0.1) is 0 Å². The summed E-state index contributed by atoms with van der Waals surface area (Å²) in [6.07, 6.45) is -4.60. The summed E-state index contributed by atoms with van der Waals surface area (Å²) in [5, 5.41) is 10.6. The molecule has 0 unspecified atom stereocenters.